The molecule has 1 aliphatic heterocycles. The highest BCUT2D eigenvalue weighted by Crippen LogP contribution is 2.21. The average molecular weight is 276 g/mol. The first kappa shape index (κ1) is 15.3. The van der Waals surface area contributed by atoms with Crippen LogP contribution < -0.4 is 10.2 Å². The van der Waals surface area contributed by atoms with Gasteiger partial charge in [0.15, 0.2) is 0 Å². The molecule has 2 heterocycles. The molecule has 0 radical (unpaired) electrons. The Labute approximate surface area is 123 Å². The van der Waals surface area contributed by atoms with Crippen LogP contribution in [-0.2, 0) is 0 Å². The van der Waals surface area contributed by atoms with Crippen LogP contribution in [0.2, 0.25) is 0 Å². The van der Waals surface area contributed by atoms with Gasteiger partial charge in [-0.25, -0.2) is 4.98 Å². The van der Waals surface area contributed by atoms with Gasteiger partial charge in [0.1, 0.15) is 5.82 Å². The highest BCUT2D eigenvalue weighted by Gasteiger charge is 2.19. The van der Waals surface area contributed by atoms with E-state index in [4.69, 9.17) is 0 Å². The van der Waals surface area contributed by atoms with Crippen LogP contribution in [0.3, 0.4) is 0 Å². The zero-order chi connectivity index (χ0) is 14.5. The van der Waals surface area contributed by atoms with Crippen molar-refractivity contribution >= 4 is 5.82 Å². The van der Waals surface area contributed by atoms with Gasteiger partial charge in [0.2, 0.25) is 0 Å². The maximum Gasteiger partial charge on any atom is 0.128 e. The van der Waals surface area contributed by atoms with Gasteiger partial charge < -0.3 is 15.1 Å². The molecule has 1 atom stereocenters. The molecule has 1 unspecified atom stereocenters. The molecule has 1 aliphatic rings. The number of aromatic nitrogens is 1. The van der Waals surface area contributed by atoms with Crippen LogP contribution in [0.25, 0.3) is 0 Å². The molecule has 2 rings (SSSR count). The molecule has 1 N–H and O–H groups in total. The van der Waals surface area contributed by atoms with Gasteiger partial charge in [-0.2, -0.15) is 0 Å². The van der Waals surface area contributed by atoms with Crippen molar-refractivity contribution in [1.29, 1.82) is 0 Å². The molecule has 4 heteroatoms. The predicted molar refractivity (Wildman–Crippen MR) is 85.2 cm³/mol. The minimum Gasteiger partial charge on any atom is -0.359 e. The average Bonchev–Trinajstić information content (AvgIpc) is 2.49. The lowest BCUT2D eigenvalue weighted by atomic mass is 9.96. The first-order valence-corrected chi connectivity index (χ1v) is 7.63. The van der Waals surface area contributed by atoms with Crippen LogP contribution in [0, 0.1) is 5.92 Å². The maximum absolute atomic E-state index is 4.52. The van der Waals surface area contributed by atoms with E-state index in [2.05, 4.69) is 53.3 Å². The second-order valence-corrected chi connectivity index (χ2v) is 6.08. The van der Waals surface area contributed by atoms with E-state index in [1.807, 2.05) is 13.2 Å². The Bertz CT molecular complexity index is 413. The SMILES string of the molecule is CNC(C)c1ccnc(N(C)CC2CCN(C)CC2)c1. The zero-order valence-corrected chi connectivity index (χ0v) is 13.3. The first-order chi connectivity index (χ1) is 9.60. The largest absolute Gasteiger partial charge is 0.359 e. The molecule has 4 nitrogen and oxygen atoms in total. The number of hydrogen-bond acceptors (Lipinski definition) is 4. The Hall–Kier alpha value is -1.13. The number of nitrogens with zero attached hydrogens (tertiary/aromatic N) is 3. The lowest BCUT2D eigenvalue weighted by Gasteiger charge is -2.32. The van der Waals surface area contributed by atoms with Gasteiger partial charge in [0, 0.05) is 25.8 Å². The number of rotatable bonds is 5. The summed E-state index contributed by atoms with van der Waals surface area (Å²) in [4.78, 5) is 9.25. The highest BCUT2D eigenvalue weighted by molar-refractivity contribution is 5.41. The molecule has 1 saturated heterocycles. The number of nitrogens with one attached hydrogen (secondary N) is 1. The minimum absolute atomic E-state index is 0.369. The zero-order valence-electron chi connectivity index (χ0n) is 13.3. The minimum atomic E-state index is 0.369. The smallest absolute Gasteiger partial charge is 0.128 e. The molecule has 0 bridgehead atoms. The summed E-state index contributed by atoms with van der Waals surface area (Å²) < 4.78 is 0. The third kappa shape index (κ3) is 3.93. The van der Waals surface area contributed by atoms with Gasteiger partial charge >= 0.3 is 0 Å². The first-order valence-electron chi connectivity index (χ1n) is 7.63. The van der Waals surface area contributed by atoms with Gasteiger partial charge in [0.05, 0.1) is 0 Å². The Morgan fingerprint density at radius 1 is 1.45 bits per heavy atom. The summed E-state index contributed by atoms with van der Waals surface area (Å²) >= 11 is 0. The molecule has 1 aromatic rings. The van der Waals surface area contributed by atoms with Gasteiger partial charge in [0.25, 0.3) is 0 Å². The number of hydrogen-bond donors (Lipinski definition) is 1. The van der Waals surface area contributed by atoms with Crippen LogP contribution >= 0.6 is 0 Å². The molecular weight excluding hydrogens is 248 g/mol. The maximum atomic E-state index is 4.52. The molecule has 20 heavy (non-hydrogen) atoms. The van der Waals surface area contributed by atoms with E-state index in [0.717, 1.165) is 18.3 Å². The molecule has 0 aliphatic carbocycles. The van der Waals surface area contributed by atoms with Gasteiger partial charge in [-0.05, 0) is 70.6 Å². The lowest BCUT2D eigenvalue weighted by Crippen LogP contribution is -2.36. The van der Waals surface area contributed by atoms with Crippen molar-refractivity contribution in [3.63, 3.8) is 0 Å². The summed E-state index contributed by atoms with van der Waals surface area (Å²) in [6, 6.07) is 4.66. The summed E-state index contributed by atoms with van der Waals surface area (Å²) in [7, 11) is 6.37. The molecule has 0 saturated carbocycles. The van der Waals surface area contributed by atoms with Crippen molar-refractivity contribution in [2.75, 3.05) is 45.7 Å². The number of pyridine rings is 1. The molecule has 1 aromatic heterocycles. The summed E-state index contributed by atoms with van der Waals surface area (Å²) in [6.07, 6.45) is 4.52. The monoisotopic (exact) mass is 276 g/mol. The summed E-state index contributed by atoms with van der Waals surface area (Å²) in [6.45, 7) is 5.74. The standard InChI is InChI=1S/C16H28N4/c1-13(17-2)15-5-8-18-16(11-15)20(4)12-14-6-9-19(3)10-7-14/h5,8,11,13-14,17H,6-7,9-10,12H2,1-4H3. The molecule has 0 spiro atoms. The van der Waals surface area contributed by atoms with Crippen LogP contribution in [0.5, 0.6) is 0 Å². The molecular formula is C16H28N4. The molecule has 0 amide bonds. The van der Waals surface area contributed by atoms with Crippen molar-refractivity contribution in [2.45, 2.75) is 25.8 Å². The third-order valence-corrected chi connectivity index (χ3v) is 4.46. The normalized spacial score (nSPS) is 19.0. The van der Waals surface area contributed by atoms with Crippen LogP contribution in [0.4, 0.5) is 5.82 Å². The van der Waals surface area contributed by atoms with Crippen molar-refractivity contribution < 1.29 is 0 Å². The van der Waals surface area contributed by atoms with Gasteiger partial charge in [-0.15, -0.1) is 0 Å². The highest BCUT2D eigenvalue weighted by atomic mass is 15.2. The van der Waals surface area contributed by atoms with Crippen molar-refractivity contribution in [3.05, 3.63) is 23.9 Å². The lowest BCUT2D eigenvalue weighted by molar-refractivity contribution is 0.222. The predicted octanol–water partition coefficient (Wildman–Crippen LogP) is 2.14. The van der Waals surface area contributed by atoms with E-state index < -0.39 is 0 Å². The summed E-state index contributed by atoms with van der Waals surface area (Å²) in [5, 5.41) is 3.28. The fraction of sp³-hybridized carbons (Fsp3) is 0.688. The number of anilines is 1. The fourth-order valence-electron chi connectivity index (χ4n) is 2.80. The Morgan fingerprint density at radius 2 is 2.15 bits per heavy atom. The van der Waals surface area contributed by atoms with Gasteiger partial charge in [-0.3, -0.25) is 0 Å². The van der Waals surface area contributed by atoms with E-state index >= 15 is 0 Å². The van der Waals surface area contributed by atoms with Crippen molar-refractivity contribution in [2.24, 2.45) is 5.92 Å². The number of likely N-dealkylation sites (tertiary alicyclic amines) is 1. The van der Waals surface area contributed by atoms with Crippen molar-refractivity contribution in [1.82, 2.24) is 15.2 Å². The molecule has 1 fully saturated rings. The van der Waals surface area contributed by atoms with E-state index in [9.17, 15) is 0 Å². The van der Waals surface area contributed by atoms with Crippen molar-refractivity contribution in [3.8, 4) is 0 Å². The molecule has 0 aromatic carbocycles. The Balaban J connectivity index is 1.96. The van der Waals surface area contributed by atoms with E-state index in [1.165, 1.54) is 31.5 Å². The quantitative estimate of drug-likeness (QED) is 0.893. The second-order valence-electron chi connectivity index (χ2n) is 6.08. The summed E-state index contributed by atoms with van der Waals surface area (Å²) in [5.74, 6) is 1.88. The summed E-state index contributed by atoms with van der Waals surface area (Å²) in [5.41, 5.74) is 1.30. The van der Waals surface area contributed by atoms with E-state index in [1.54, 1.807) is 0 Å². The Morgan fingerprint density at radius 3 is 2.80 bits per heavy atom. The molecule has 112 valence electrons. The van der Waals surface area contributed by atoms with E-state index in [0.29, 0.717) is 6.04 Å². The van der Waals surface area contributed by atoms with Crippen LogP contribution in [0.15, 0.2) is 18.3 Å². The topological polar surface area (TPSA) is 31.4 Å². The fourth-order valence-corrected chi connectivity index (χ4v) is 2.80. The van der Waals surface area contributed by atoms with E-state index in [-0.39, 0.29) is 0 Å². The Kier molecular flexibility index (Phi) is 5.38. The number of piperidine rings is 1. The van der Waals surface area contributed by atoms with Crippen LogP contribution in [-0.4, -0.2) is 50.7 Å². The van der Waals surface area contributed by atoms with Crippen LogP contribution in [0.1, 0.15) is 31.4 Å². The second kappa shape index (κ2) is 7.04. The third-order valence-electron chi connectivity index (χ3n) is 4.46. The van der Waals surface area contributed by atoms with Gasteiger partial charge in [-0.1, -0.05) is 0 Å².